The molecule has 1 unspecified atom stereocenters. The van der Waals surface area contributed by atoms with E-state index in [0.717, 1.165) is 0 Å². The fourth-order valence-corrected chi connectivity index (χ4v) is 2.75. The third-order valence-electron chi connectivity index (χ3n) is 4.03. The lowest BCUT2D eigenvalue weighted by molar-refractivity contribution is -0.0479. The SMILES string of the molecule is Nc1ncnc2c1ncn2C1O[C@H](COc2ccccn2)[C@H](O)[C@H]1O. The summed E-state index contributed by atoms with van der Waals surface area (Å²) in [5.74, 6) is 0.636. The molecule has 4 N–H and O–H groups in total. The van der Waals surface area contributed by atoms with E-state index in [1.165, 1.54) is 17.2 Å². The maximum Gasteiger partial charge on any atom is 0.213 e. The van der Waals surface area contributed by atoms with E-state index in [-0.39, 0.29) is 12.4 Å². The molecular formula is C15H16N6O4. The molecule has 10 heteroatoms. The highest BCUT2D eigenvalue weighted by atomic mass is 16.6. The van der Waals surface area contributed by atoms with Crippen LogP contribution in [0.15, 0.2) is 37.1 Å². The Labute approximate surface area is 141 Å². The summed E-state index contributed by atoms with van der Waals surface area (Å²) in [7, 11) is 0. The molecule has 0 saturated carbocycles. The predicted octanol–water partition coefficient (Wildman–Crippen LogP) is -0.498. The van der Waals surface area contributed by atoms with Gasteiger partial charge in [-0.25, -0.2) is 19.9 Å². The van der Waals surface area contributed by atoms with Crippen LogP contribution in [0.3, 0.4) is 0 Å². The van der Waals surface area contributed by atoms with Gasteiger partial charge in [-0.05, 0) is 6.07 Å². The van der Waals surface area contributed by atoms with Crippen molar-refractivity contribution in [3.8, 4) is 5.88 Å². The van der Waals surface area contributed by atoms with E-state index in [9.17, 15) is 10.2 Å². The summed E-state index contributed by atoms with van der Waals surface area (Å²) in [6, 6.07) is 5.25. The highest BCUT2D eigenvalue weighted by Crippen LogP contribution is 2.32. The van der Waals surface area contributed by atoms with Crippen molar-refractivity contribution < 1.29 is 19.7 Å². The molecule has 0 amide bonds. The average molecular weight is 344 g/mol. The molecule has 1 aliphatic rings. The summed E-state index contributed by atoms with van der Waals surface area (Å²) >= 11 is 0. The topological polar surface area (TPSA) is 141 Å². The first-order chi connectivity index (χ1) is 12.1. The molecule has 0 aliphatic carbocycles. The van der Waals surface area contributed by atoms with Crippen molar-refractivity contribution in [2.45, 2.75) is 24.5 Å². The van der Waals surface area contributed by atoms with Crippen LogP contribution in [0.4, 0.5) is 5.82 Å². The largest absolute Gasteiger partial charge is 0.475 e. The summed E-state index contributed by atoms with van der Waals surface area (Å²) in [4.78, 5) is 16.2. The van der Waals surface area contributed by atoms with Gasteiger partial charge < -0.3 is 25.4 Å². The van der Waals surface area contributed by atoms with Crippen molar-refractivity contribution >= 4 is 17.0 Å². The van der Waals surface area contributed by atoms with E-state index in [1.807, 2.05) is 0 Å². The molecule has 1 saturated heterocycles. The lowest BCUT2D eigenvalue weighted by Gasteiger charge is -2.16. The van der Waals surface area contributed by atoms with Crippen LogP contribution in [-0.2, 0) is 4.74 Å². The summed E-state index contributed by atoms with van der Waals surface area (Å²) in [5, 5.41) is 20.6. The number of anilines is 1. The van der Waals surface area contributed by atoms with Gasteiger partial charge in [-0.15, -0.1) is 0 Å². The summed E-state index contributed by atoms with van der Waals surface area (Å²) in [6.07, 6.45) is 0.426. The Morgan fingerprint density at radius 1 is 1.16 bits per heavy atom. The first kappa shape index (κ1) is 15.7. The van der Waals surface area contributed by atoms with Crippen LogP contribution in [-0.4, -0.2) is 59.6 Å². The first-order valence-electron chi connectivity index (χ1n) is 7.63. The van der Waals surface area contributed by atoms with E-state index in [0.29, 0.717) is 17.0 Å². The molecule has 4 heterocycles. The van der Waals surface area contributed by atoms with Crippen molar-refractivity contribution in [3.05, 3.63) is 37.1 Å². The van der Waals surface area contributed by atoms with E-state index in [1.54, 1.807) is 24.4 Å². The minimum absolute atomic E-state index is 0.0372. The Hall–Kier alpha value is -2.82. The van der Waals surface area contributed by atoms with Gasteiger partial charge in [0.1, 0.15) is 36.8 Å². The maximum absolute atomic E-state index is 10.4. The Bertz CT molecular complexity index is 873. The molecule has 3 aromatic rings. The Kier molecular flexibility index (Phi) is 3.92. The van der Waals surface area contributed by atoms with Gasteiger partial charge in [-0.3, -0.25) is 4.57 Å². The molecule has 4 atom stereocenters. The number of nitrogens with zero attached hydrogens (tertiary/aromatic N) is 5. The quantitative estimate of drug-likeness (QED) is 0.571. The number of aliphatic hydroxyl groups is 2. The Morgan fingerprint density at radius 2 is 2.04 bits per heavy atom. The predicted molar refractivity (Wildman–Crippen MR) is 85.4 cm³/mol. The number of nitrogen functional groups attached to an aromatic ring is 1. The second kappa shape index (κ2) is 6.24. The number of pyridine rings is 1. The number of hydrogen-bond acceptors (Lipinski definition) is 9. The van der Waals surface area contributed by atoms with Gasteiger partial charge in [-0.2, -0.15) is 0 Å². The Morgan fingerprint density at radius 3 is 2.84 bits per heavy atom. The molecule has 25 heavy (non-hydrogen) atoms. The van der Waals surface area contributed by atoms with E-state index >= 15 is 0 Å². The molecular weight excluding hydrogens is 328 g/mol. The van der Waals surface area contributed by atoms with Gasteiger partial charge in [0.05, 0.1) is 6.33 Å². The van der Waals surface area contributed by atoms with Crippen LogP contribution >= 0.6 is 0 Å². The number of aromatic nitrogens is 5. The fraction of sp³-hybridized carbons (Fsp3) is 0.333. The maximum atomic E-state index is 10.4. The summed E-state index contributed by atoms with van der Waals surface area (Å²) in [6.45, 7) is 0.0372. The number of imidazole rings is 1. The summed E-state index contributed by atoms with van der Waals surface area (Å²) < 4.78 is 12.8. The van der Waals surface area contributed by atoms with Gasteiger partial charge in [0.2, 0.25) is 5.88 Å². The van der Waals surface area contributed by atoms with Crippen LogP contribution < -0.4 is 10.5 Å². The van der Waals surface area contributed by atoms with Crippen molar-refractivity contribution in [2.75, 3.05) is 12.3 Å². The molecule has 0 spiro atoms. The number of rotatable bonds is 4. The van der Waals surface area contributed by atoms with Crippen LogP contribution in [0, 0.1) is 0 Å². The first-order valence-corrected chi connectivity index (χ1v) is 7.63. The lowest BCUT2D eigenvalue weighted by Crippen LogP contribution is -2.34. The van der Waals surface area contributed by atoms with Crippen LogP contribution in [0.25, 0.3) is 11.2 Å². The zero-order chi connectivity index (χ0) is 17.4. The van der Waals surface area contributed by atoms with Gasteiger partial charge in [0, 0.05) is 12.3 Å². The van der Waals surface area contributed by atoms with Crippen LogP contribution in [0.5, 0.6) is 5.88 Å². The third-order valence-corrected chi connectivity index (χ3v) is 4.03. The lowest BCUT2D eigenvalue weighted by atomic mass is 10.1. The zero-order valence-corrected chi connectivity index (χ0v) is 13.0. The normalized spacial score (nSPS) is 26.2. The van der Waals surface area contributed by atoms with Crippen LogP contribution in [0.2, 0.25) is 0 Å². The highest BCUT2D eigenvalue weighted by Gasteiger charge is 2.44. The van der Waals surface area contributed by atoms with Gasteiger partial charge in [-0.1, -0.05) is 6.07 Å². The molecule has 1 aliphatic heterocycles. The Balaban J connectivity index is 1.54. The van der Waals surface area contributed by atoms with Crippen molar-refractivity contribution in [3.63, 3.8) is 0 Å². The minimum Gasteiger partial charge on any atom is -0.475 e. The number of fused-ring (bicyclic) bond motifs is 1. The zero-order valence-electron chi connectivity index (χ0n) is 13.0. The highest BCUT2D eigenvalue weighted by molar-refractivity contribution is 5.81. The third kappa shape index (κ3) is 2.76. The number of aliphatic hydroxyl groups excluding tert-OH is 2. The summed E-state index contributed by atoms with van der Waals surface area (Å²) in [5.41, 5.74) is 6.58. The van der Waals surface area contributed by atoms with Crippen molar-refractivity contribution in [2.24, 2.45) is 0 Å². The molecule has 0 bridgehead atoms. The number of nitrogens with two attached hydrogens (primary N) is 1. The van der Waals surface area contributed by atoms with Crippen molar-refractivity contribution in [1.29, 1.82) is 0 Å². The molecule has 130 valence electrons. The van der Waals surface area contributed by atoms with Gasteiger partial charge in [0.25, 0.3) is 0 Å². The average Bonchev–Trinajstić information content (AvgIpc) is 3.18. The standard InChI is InChI=1S/C15H16N6O4/c16-13-10-14(19-6-18-13)21(7-20-10)15-12(23)11(22)8(25-15)5-24-9-3-1-2-4-17-9/h1-4,6-8,11-12,15,22-23H,5H2,(H2,16,18,19)/t8-,11+,12-,15?/m1/s1. The van der Waals surface area contributed by atoms with E-state index < -0.39 is 24.5 Å². The molecule has 0 radical (unpaired) electrons. The van der Waals surface area contributed by atoms with Gasteiger partial charge >= 0.3 is 0 Å². The fourth-order valence-electron chi connectivity index (χ4n) is 2.75. The van der Waals surface area contributed by atoms with Crippen molar-refractivity contribution in [1.82, 2.24) is 24.5 Å². The molecule has 3 aromatic heterocycles. The molecule has 4 rings (SSSR count). The molecule has 0 aromatic carbocycles. The van der Waals surface area contributed by atoms with E-state index in [4.69, 9.17) is 15.2 Å². The monoisotopic (exact) mass is 344 g/mol. The van der Waals surface area contributed by atoms with Gasteiger partial charge in [0.15, 0.2) is 17.7 Å². The number of hydrogen-bond donors (Lipinski definition) is 3. The second-order valence-corrected chi connectivity index (χ2v) is 5.61. The number of ether oxygens (including phenoxy) is 2. The second-order valence-electron chi connectivity index (χ2n) is 5.61. The minimum atomic E-state index is -1.18. The smallest absolute Gasteiger partial charge is 0.213 e. The molecule has 10 nitrogen and oxygen atoms in total. The van der Waals surface area contributed by atoms with E-state index in [2.05, 4.69) is 19.9 Å². The van der Waals surface area contributed by atoms with Crippen LogP contribution in [0.1, 0.15) is 6.23 Å². The molecule has 1 fully saturated rings.